The lowest BCUT2D eigenvalue weighted by Gasteiger charge is -2.26. The van der Waals surface area contributed by atoms with Gasteiger partial charge in [-0.1, -0.05) is 12.1 Å². The predicted molar refractivity (Wildman–Crippen MR) is 76.5 cm³/mol. The van der Waals surface area contributed by atoms with E-state index in [-0.39, 0.29) is 11.8 Å². The maximum Gasteiger partial charge on any atom is 0.306 e. The van der Waals surface area contributed by atoms with Gasteiger partial charge in [-0.3, -0.25) is 9.59 Å². The summed E-state index contributed by atoms with van der Waals surface area (Å²) in [4.78, 5) is 22.3. The van der Waals surface area contributed by atoms with Gasteiger partial charge in [0.2, 0.25) is 5.91 Å². The lowest BCUT2D eigenvalue weighted by Crippen LogP contribution is -2.22. The highest BCUT2D eigenvalue weighted by atomic mass is 16.4. The maximum atomic E-state index is 11.3. The topological polar surface area (TPSA) is 80.4 Å². The van der Waals surface area contributed by atoms with Crippen molar-refractivity contribution in [1.29, 1.82) is 0 Å². The zero-order chi connectivity index (χ0) is 14.7. The van der Waals surface area contributed by atoms with Crippen LogP contribution in [-0.2, 0) is 11.2 Å². The highest BCUT2D eigenvalue weighted by Gasteiger charge is 2.26. The van der Waals surface area contributed by atoms with E-state index in [9.17, 15) is 9.59 Å². The second-order valence-electron chi connectivity index (χ2n) is 5.77. The molecule has 1 aliphatic carbocycles. The van der Waals surface area contributed by atoms with Crippen molar-refractivity contribution in [2.75, 3.05) is 0 Å². The van der Waals surface area contributed by atoms with Crippen LogP contribution in [0.25, 0.3) is 0 Å². The molecule has 0 bridgehead atoms. The van der Waals surface area contributed by atoms with Crippen LogP contribution in [-0.4, -0.2) is 17.0 Å². The lowest BCUT2D eigenvalue weighted by atomic mass is 9.79. The molecule has 0 atom stereocenters. The highest BCUT2D eigenvalue weighted by Crippen LogP contribution is 2.31. The molecule has 1 aliphatic rings. The summed E-state index contributed by atoms with van der Waals surface area (Å²) in [5, 5.41) is 8.99. The molecule has 0 aromatic heterocycles. The number of carbonyl (C=O) groups excluding carboxylic acids is 1. The molecular weight excluding hydrogens is 254 g/mol. The number of carbonyl (C=O) groups is 2. The molecule has 0 radical (unpaired) electrons. The van der Waals surface area contributed by atoms with Crippen LogP contribution in [0.15, 0.2) is 18.2 Å². The second-order valence-corrected chi connectivity index (χ2v) is 5.77. The van der Waals surface area contributed by atoms with Gasteiger partial charge in [0.25, 0.3) is 0 Å². The molecule has 0 saturated heterocycles. The monoisotopic (exact) mass is 275 g/mol. The van der Waals surface area contributed by atoms with Crippen LogP contribution < -0.4 is 5.73 Å². The Hall–Kier alpha value is -1.84. The summed E-state index contributed by atoms with van der Waals surface area (Å²) in [6.45, 7) is 1.88. The molecular formula is C16H21NO3. The van der Waals surface area contributed by atoms with Crippen molar-refractivity contribution in [3.8, 4) is 0 Å². The fourth-order valence-electron chi connectivity index (χ4n) is 3.01. The van der Waals surface area contributed by atoms with Gasteiger partial charge in [-0.2, -0.15) is 0 Å². The van der Waals surface area contributed by atoms with Crippen molar-refractivity contribution in [3.63, 3.8) is 0 Å². The third-order valence-corrected chi connectivity index (χ3v) is 4.29. The Kier molecular flexibility index (Phi) is 4.42. The predicted octanol–water partition coefficient (Wildman–Crippen LogP) is 2.53. The van der Waals surface area contributed by atoms with E-state index >= 15 is 0 Å². The number of hydrogen-bond acceptors (Lipinski definition) is 2. The summed E-state index contributed by atoms with van der Waals surface area (Å²) in [5.41, 5.74) is 7.96. The van der Waals surface area contributed by atoms with Crippen LogP contribution in [0.5, 0.6) is 0 Å². The minimum absolute atomic E-state index is 0.176. The van der Waals surface area contributed by atoms with Gasteiger partial charge in [-0.25, -0.2) is 0 Å². The van der Waals surface area contributed by atoms with E-state index in [1.807, 2.05) is 25.1 Å². The largest absolute Gasteiger partial charge is 0.481 e. The Morgan fingerprint density at radius 1 is 1.25 bits per heavy atom. The molecule has 1 aromatic carbocycles. The highest BCUT2D eigenvalue weighted by molar-refractivity contribution is 5.94. The van der Waals surface area contributed by atoms with Crippen molar-refractivity contribution < 1.29 is 14.7 Å². The number of rotatable bonds is 4. The number of aryl methyl sites for hydroxylation is 1. The number of aliphatic carboxylic acids is 1. The summed E-state index contributed by atoms with van der Waals surface area (Å²) in [6, 6.07) is 5.84. The van der Waals surface area contributed by atoms with Gasteiger partial charge in [0.15, 0.2) is 0 Å². The molecule has 1 fully saturated rings. The minimum atomic E-state index is -0.671. The van der Waals surface area contributed by atoms with Gasteiger partial charge in [-0.05, 0) is 62.1 Å². The van der Waals surface area contributed by atoms with Gasteiger partial charge < -0.3 is 10.8 Å². The summed E-state index contributed by atoms with van der Waals surface area (Å²) in [7, 11) is 0. The number of carboxylic acids is 1. The zero-order valence-electron chi connectivity index (χ0n) is 11.8. The first-order chi connectivity index (χ1) is 9.47. The summed E-state index contributed by atoms with van der Waals surface area (Å²) in [6.07, 6.45) is 4.30. The number of hydrogen-bond donors (Lipinski definition) is 2. The first kappa shape index (κ1) is 14.6. The van der Waals surface area contributed by atoms with Crippen LogP contribution in [0.4, 0.5) is 0 Å². The molecule has 0 heterocycles. The Balaban J connectivity index is 1.99. The fourth-order valence-corrected chi connectivity index (χ4v) is 3.01. The summed E-state index contributed by atoms with van der Waals surface area (Å²) >= 11 is 0. The van der Waals surface area contributed by atoms with Crippen LogP contribution >= 0.6 is 0 Å². The SMILES string of the molecule is Cc1ccc(C[C@H]2CC[C@H](C(=O)O)CC2)cc1C(N)=O. The Labute approximate surface area is 119 Å². The van der Waals surface area contributed by atoms with Gasteiger partial charge in [0, 0.05) is 5.56 Å². The summed E-state index contributed by atoms with van der Waals surface area (Å²) in [5.74, 6) is -0.729. The standard InChI is InChI=1S/C16H21NO3/c1-10-2-3-12(9-14(10)15(17)18)8-11-4-6-13(7-5-11)16(19)20/h2-3,9,11,13H,4-8H2,1H3,(H2,17,18)(H,19,20)/t11-,13-. The normalized spacial score (nSPS) is 22.4. The molecule has 1 saturated carbocycles. The number of amides is 1. The van der Waals surface area contributed by atoms with Gasteiger partial charge >= 0.3 is 5.97 Å². The van der Waals surface area contributed by atoms with E-state index < -0.39 is 5.97 Å². The van der Waals surface area contributed by atoms with E-state index in [0.29, 0.717) is 11.5 Å². The Morgan fingerprint density at radius 2 is 1.90 bits per heavy atom. The Morgan fingerprint density at radius 3 is 2.45 bits per heavy atom. The average molecular weight is 275 g/mol. The molecule has 3 N–H and O–H groups in total. The van der Waals surface area contributed by atoms with Crippen LogP contribution in [0.2, 0.25) is 0 Å². The van der Waals surface area contributed by atoms with Crippen molar-refractivity contribution in [2.45, 2.75) is 39.0 Å². The zero-order valence-corrected chi connectivity index (χ0v) is 11.8. The maximum absolute atomic E-state index is 11.3. The van der Waals surface area contributed by atoms with Crippen molar-refractivity contribution in [3.05, 3.63) is 34.9 Å². The third-order valence-electron chi connectivity index (χ3n) is 4.29. The molecule has 108 valence electrons. The molecule has 0 unspecified atom stereocenters. The number of benzene rings is 1. The van der Waals surface area contributed by atoms with Crippen LogP contribution in [0.1, 0.15) is 47.2 Å². The third kappa shape index (κ3) is 3.38. The number of carboxylic acid groups (broad SMARTS) is 1. The van der Waals surface area contributed by atoms with Crippen molar-refractivity contribution in [1.82, 2.24) is 0 Å². The van der Waals surface area contributed by atoms with E-state index in [1.165, 1.54) is 0 Å². The molecule has 4 heteroatoms. The van der Waals surface area contributed by atoms with E-state index in [0.717, 1.165) is 43.2 Å². The van der Waals surface area contributed by atoms with E-state index in [4.69, 9.17) is 10.8 Å². The first-order valence-corrected chi connectivity index (χ1v) is 7.09. The van der Waals surface area contributed by atoms with Gasteiger partial charge in [0.1, 0.15) is 0 Å². The number of primary amides is 1. The molecule has 20 heavy (non-hydrogen) atoms. The molecule has 1 amide bonds. The molecule has 2 rings (SSSR count). The molecule has 0 spiro atoms. The number of nitrogens with two attached hydrogens (primary N) is 1. The molecule has 1 aromatic rings. The van der Waals surface area contributed by atoms with Crippen molar-refractivity contribution in [2.24, 2.45) is 17.6 Å². The molecule has 0 aliphatic heterocycles. The average Bonchev–Trinajstić information content (AvgIpc) is 2.41. The Bertz CT molecular complexity index is 516. The fraction of sp³-hybridized carbons (Fsp3) is 0.500. The lowest BCUT2D eigenvalue weighted by molar-refractivity contribution is -0.143. The van der Waals surface area contributed by atoms with Crippen molar-refractivity contribution >= 4 is 11.9 Å². The molecule has 4 nitrogen and oxygen atoms in total. The minimum Gasteiger partial charge on any atom is -0.481 e. The van der Waals surface area contributed by atoms with E-state index in [1.54, 1.807) is 0 Å². The summed E-state index contributed by atoms with van der Waals surface area (Å²) < 4.78 is 0. The van der Waals surface area contributed by atoms with E-state index in [2.05, 4.69) is 0 Å². The van der Waals surface area contributed by atoms with Gasteiger partial charge in [-0.15, -0.1) is 0 Å². The van der Waals surface area contributed by atoms with Crippen LogP contribution in [0.3, 0.4) is 0 Å². The van der Waals surface area contributed by atoms with Crippen LogP contribution in [0, 0.1) is 18.8 Å². The van der Waals surface area contributed by atoms with Gasteiger partial charge in [0.05, 0.1) is 5.92 Å². The smallest absolute Gasteiger partial charge is 0.306 e. The first-order valence-electron chi connectivity index (χ1n) is 7.09. The second kappa shape index (κ2) is 6.07. The quantitative estimate of drug-likeness (QED) is 0.886.